The first-order valence-electron chi connectivity index (χ1n) is 8.51. The highest BCUT2D eigenvalue weighted by atomic mass is 16.2. The van der Waals surface area contributed by atoms with E-state index in [0.29, 0.717) is 25.1 Å². The normalized spacial score (nSPS) is 14.4. The lowest BCUT2D eigenvalue weighted by atomic mass is 10.1. The van der Waals surface area contributed by atoms with Gasteiger partial charge in [0.05, 0.1) is 6.42 Å². The topological polar surface area (TPSA) is 66.6 Å². The Labute approximate surface area is 148 Å². The van der Waals surface area contributed by atoms with Gasteiger partial charge >= 0.3 is 0 Å². The lowest BCUT2D eigenvalue weighted by molar-refractivity contribution is -0.130. The summed E-state index contributed by atoms with van der Waals surface area (Å²) in [4.78, 5) is 27.8. The van der Waals surface area contributed by atoms with Crippen LogP contribution < -0.4 is 10.6 Å². The number of rotatable bonds is 4. The fourth-order valence-corrected chi connectivity index (χ4v) is 3.13. The highest BCUT2D eigenvalue weighted by Crippen LogP contribution is 2.18. The summed E-state index contributed by atoms with van der Waals surface area (Å²) in [6.07, 6.45) is 0.458. The van der Waals surface area contributed by atoms with Crippen LogP contribution in [0, 0.1) is 6.92 Å². The van der Waals surface area contributed by atoms with Crippen molar-refractivity contribution in [3.05, 3.63) is 65.2 Å². The van der Waals surface area contributed by atoms with Crippen molar-refractivity contribution < 1.29 is 9.59 Å². The molecule has 0 bridgehead atoms. The molecule has 2 aromatic carbocycles. The molecule has 1 saturated heterocycles. The number of carbonyl (C=O) groups excluding carboxylic acids is 2. The number of anilines is 1. The number of aryl methyl sites for hydroxylation is 1. The molecule has 0 aromatic heterocycles. The third-order valence-corrected chi connectivity index (χ3v) is 4.75. The van der Waals surface area contributed by atoms with E-state index >= 15 is 0 Å². The van der Waals surface area contributed by atoms with Gasteiger partial charge in [0.25, 0.3) is 0 Å². The van der Waals surface area contributed by atoms with Crippen molar-refractivity contribution in [3.63, 3.8) is 0 Å². The third-order valence-electron chi connectivity index (χ3n) is 4.75. The summed E-state index contributed by atoms with van der Waals surface area (Å²) in [5.74, 6) is -0.240. The molecule has 1 aliphatic rings. The summed E-state index contributed by atoms with van der Waals surface area (Å²) < 4.78 is 0. The Kier molecular flexibility index (Phi) is 5.03. The van der Waals surface area contributed by atoms with Crippen LogP contribution in [0.4, 0.5) is 5.69 Å². The molecule has 1 heterocycles. The zero-order valence-electron chi connectivity index (χ0n) is 14.4. The van der Waals surface area contributed by atoms with Gasteiger partial charge in [0.15, 0.2) is 0 Å². The van der Waals surface area contributed by atoms with Gasteiger partial charge in [0, 0.05) is 37.4 Å². The molecular formula is C20H23N3O2. The molecule has 130 valence electrons. The Morgan fingerprint density at radius 3 is 2.20 bits per heavy atom. The highest BCUT2D eigenvalue weighted by Gasteiger charge is 2.21. The van der Waals surface area contributed by atoms with Crippen LogP contribution in [0.1, 0.15) is 21.5 Å². The molecule has 2 N–H and O–H groups in total. The van der Waals surface area contributed by atoms with Crippen molar-refractivity contribution in [2.75, 3.05) is 31.1 Å². The van der Waals surface area contributed by atoms with Gasteiger partial charge in [0.2, 0.25) is 11.8 Å². The Hall–Kier alpha value is -2.82. The number of nitrogens with zero attached hydrogens (tertiary/aromatic N) is 2. The summed E-state index contributed by atoms with van der Waals surface area (Å²) in [5, 5.41) is 0. The van der Waals surface area contributed by atoms with Crippen LogP contribution in [0.2, 0.25) is 0 Å². The first-order valence-corrected chi connectivity index (χ1v) is 8.51. The SMILES string of the molecule is Cc1ccccc1CC(=O)N1CCN(c2ccc(C(N)=O)cc2)CC1. The maximum absolute atomic E-state index is 12.5. The lowest BCUT2D eigenvalue weighted by Gasteiger charge is -2.36. The molecule has 2 aromatic rings. The highest BCUT2D eigenvalue weighted by molar-refractivity contribution is 5.93. The van der Waals surface area contributed by atoms with Crippen molar-refractivity contribution in [2.45, 2.75) is 13.3 Å². The number of nitrogens with two attached hydrogens (primary N) is 1. The summed E-state index contributed by atoms with van der Waals surface area (Å²) in [5.41, 5.74) is 9.08. The fraction of sp³-hybridized carbons (Fsp3) is 0.300. The van der Waals surface area contributed by atoms with Crippen LogP contribution in [-0.2, 0) is 11.2 Å². The van der Waals surface area contributed by atoms with E-state index in [4.69, 9.17) is 5.73 Å². The molecule has 3 rings (SSSR count). The van der Waals surface area contributed by atoms with Gasteiger partial charge in [-0.2, -0.15) is 0 Å². The minimum Gasteiger partial charge on any atom is -0.368 e. The molecule has 0 spiro atoms. The zero-order valence-corrected chi connectivity index (χ0v) is 14.4. The second-order valence-corrected chi connectivity index (χ2v) is 6.38. The summed E-state index contributed by atoms with van der Waals surface area (Å²) in [6.45, 7) is 5.03. The van der Waals surface area contributed by atoms with Crippen LogP contribution in [-0.4, -0.2) is 42.9 Å². The van der Waals surface area contributed by atoms with E-state index in [1.54, 1.807) is 12.1 Å². The average molecular weight is 337 g/mol. The maximum Gasteiger partial charge on any atom is 0.248 e. The average Bonchev–Trinajstić information content (AvgIpc) is 2.64. The Morgan fingerprint density at radius 2 is 1.60 bits per heavy atom. The van der Waals surface area contributed by atoms with Gasteiger partial charge in [-0.15, -0.1) is 0 Å². The van der Waals surface area contributed by atoms with E-state index < -0.39 is 5.91 Å². The minimum absolute atomic E-state index is 0.179. The third kappa shape index (κ3) is 3.99. The smallest absolute Gasteiger partial charge is 0.248 e. The van der Waals surface area contributed by atoms with E-state index in [-0.39, 0.29) is 5.91 Å². The number of hydrogen-bond donors (Lipinski definition) is 1. The number of piperazine rings is 1. The second kappa shape index (κ2) is 7.38. The van der Waals surface area contributed by atoms with E-state index in [2.05, 4.69) is 4.90 Å². The monoisotopic (exact) mass is 337 g/mol. The molecule has 0 atom stereocenters. The molecule has 2 amide bonds. The Bertz CT molecular complexity index is 763. The van der Waals surface area contributed by atoms with Crippen LogP contribution in [0.3, 0.4) is 0 Å². The molecule has 5 heteroatoms. The molecule has 25 heavy (non-hydrogen) atoms. The lowest BCUT2D eigenvalue weighted by Crippen LogP contribution is -2.49. The quantitative estimate of drug-likeness (QED) is 0.928. The molecular weight excluding hydrogens is 314 g/mol. The molecule has 1 fully saturated rings. The number of carbonyl (C=O) groups is 2. The first kappa shape index (κ1) is 17.0. The van der Waals surface area contributed by atoms with Gasteiger partial charge < -0.3 is 15.5 Å². The van der Waals surface area contributed by atoms with E-state index in [1.165, 1.54) is 0 Å². The molecule has 0 saturated carbocycles. The summed E-state index contributed by atoms with van der Waals surface area (Å²) in [6, 6.07) is 15.3. The second-order valence-electron chi connectivity index (χ2n) is 6.38. The molecule has 1 aliphatic heterocycles. The van der Waals surface area contributed by atoms with E-state index in [9.17, 15) is 9.59 Å². The Balaban J connectivity index is 1.57. The fourth-order valence-electron chi connectivity index (χ4n) is 3.13. The van der Waals surface area contributed by atoms with Crippen molar-refractivity contribution >= 4 is 17.5 Å². The Morgan fingerprint density at radius 1 is 0.960 bits per heavy atom. The largest absolute Gasteiger partial charge is 0.368 e. The predicted molar refractivity (Wildman–Crippen MR) is 98.6 cm³/mol. The van der Waals surface area contributed by atoms with Crippen LogP contribution in [0.5, 0.6) is 0 Å². The molecule has 5 nitrogen and oxygen atoms in total. The molecule has 0 unspecified atom stereocenters. The van der Waals surface area contributed by atoms with Crippen molar-refractivity contribution in [1.82, 2.24) is 4.90 Å². The number of benzene rings is 2. The molecule has 0 radical (unpaired) electrons. The maximum atomic E-state index is 12.5. The van der Waals surface area contributed by atoms with Gasteiger partial charge in [-0.3, -0.25) is 9.59 Å². The summed E-state index contributed by atoms with van der Waals surface area (Å²) in [7, 11) is 0. The summed E-state index contributed by atoms with van der Waals surface area (Å²) >= 11 is 0. The van der Waals surface area contributed by atoms with Gasteiger partial charge in [-0.1, -0.05) is 24.3 Å². The minimum atomic E-state index is -0.418. The standard InChI is InChI=1S/C20H23N3O2/c1-15-4-2-3-5-17(15)14-19(24)23-12-10-22(11-13-23)18-8-6-16(7-9-18)20(21)25/h2-9H,10-14H2,1H3,(H2,21,25). The number of amides is 2. The van der Waals surface area contributed by atoms with E-state index in [1.807, 2.05) is 48.2 Å². The number of hydrogen-bond acceptors (Lipinski definition) is 3. The van der Waals surface area contributed by atoms with Crippen LogP contribution in [0.15, 0.2) is 48.5 Å². The number of primary amides is 1. The van der Waals surface area contributed by atoms with Crippen molar-refractivity contribution in [3.8, 4) is 0 Å². The van der Waals surface area contributed by atoms with E-state index in [0.717, 1.165) is 29.9 Å². The van der Waals surface area contributed by atoms with Crippen LogP contribution in [0.25, 0.3) is 0 Å². The van der Waals surface area contributed by atoms with Crippen molar-refractivity contribution in [2.24, 2.45) is 5.73 Å². The first-order chi connectivity index (χ1) is 12.0. The molecule has 0 aliphatic carbocycles. The predicted octanol–water partition coefficient (Wildman–Crippen LogP) is 1.99. The van der Waals surface area contributed by atoms with Crippen LogP contribution >= 0.6 is 0 Å². The zero-order chi connectivity index (χ0) is 17.8. The van der Waals surface area contributed by atoms with Crippen molar-refractivity contribution in [1.29, 1.82) is 0 Å². The van der Waals surface area contributed by atoms with Gasteiger partial charge in [-0.25, -0.2) is 0 Å². The van der Waals surface area contributed by atoms with Gasteiger partial charge in [-0.05, 0) is 42.3 Å². The van der Waals surface area contributed by atoms with Gasteiger partial charge in [0.1, 0.15) is 0 Å².